The summed E-state index contributed by atoms with van der Waals surface area (Å²) in [7, 11) is 0. The van der Waals surface area contributed by atoms with E-state index in [1.165, 1.54) is 6.07 Å². The second kappa shape index (κ2) is 5.62. The molecule has 0 saturated carbocycles. The molecule has 6 heteroatoms. The van der Waals surface area contributed by atoms with Gasteiger partial charge in [-0.25, -0.2) is 4.79 Å². The number of nitro groups is 1. The summed E-state index contributed by atoms with van der Waals surface area (Å²) in [6.07, 6.45) is 0. The molecule has 6 nitrogen and oxygen atoms in total. The zero-order valence-electron chi connectivity index (χ0n) is 11.5. The van der Waals surface area contributed by atoms with Gasteiger partial charge in [0.1, 0.15) is 17.1 Å². The molecule has 0 saturated heterocycles. The molecule has 0 unspecified atom stereocenters. The lowest BCUT2D eigenvalue weighted by atomic mass is 10.1. The van der Waals surface area contributed by atoms with E-state index in [1.807, 2.05) is 26.0 Å². The molecule has 0 radical (unpaired) electrons. The molecule has 0 aliphatic rings. The van der Waals surface area contributed by atoms with Gasteiger partial charge in [0, 0.05) is 12.1 Å². The minimum Gasteiger partial charge on any atom is -0.477 e. The molecule has 21 heavy (non-hydrogen) atoms. The number of aromatic carboxylic acids is 1. The first-order valence-electron chi connectivity index (χ1n) is 6.16. The standard InChI is InChI=1S/C15H13NO5/c1-9-4-3-5-14(10(9)2)21-11-6-7-13(16(19)20)12(8-11)15(17)18/h3-8H,1-2H3,(H,17,18). The van der Waals surface area contributed by atoms with E-state index in [4.69, 9.17) is 9.84 Å². The van der Waals surface area contributed by atoms with E-state index in [2.05, 4.69) is 0 Å². The quantitative estimate of drug-likeness (QED) is 0.684. The van der Waals surface area contributed by atoms with Crippen LogP contribution in [0, 0.1) is 24.0 Å². The van der Waals surface area contributed by atoms with Crippen LogP contribution in [-0.2, 0) is 0 Å². The molecule has 1 N–H and O–H groups in total. The molecular weight excluding hydrogens is 274 g/mol. The molecule has 0 bridgehead atoms. The number of aryl methyl sites for hydroxylation is 1. The molecule has 0 spiro atoms. The maximum absolute atomic E-state index is 11.1. The van der Waals surface area contributed by atoms with Crippen LogP contribution in [0.4, 0.5) is 5.69 Å². The molecule has 2 aromatic rings. The summed E-state index contributed by atoms with van der Waals surface area (Å²) in [6, 6.07) is 9.17. The highest BCUT2D eigenvalue weighted by Gasteiger charge is 2.20. The monoisotopic (exact) mass is 287 g/mol. The van der Waals surface area contributed by atoms with Crippen LogP contribution in [0.25, 0.3) is 0 Å². The van der Waals surface area contributed by atoms with Crippen molar-refractivity contribution in [3.8, 4) is 11.5 Å². The van der Waals surface area contributed by atoms with Crippen molar-refractivity contribution in [2.45, 2.75) is 13.8 Å². The molecule has 2 aromatic carbocycles. The van der Waals surface area contributed by atoms with Crippen LogP contribution >= 0.6 is 0 Å². The molecule has 0 aromatic heterocycles. The van der Waals surface area contributed by atoms with E-state index in [0.717, 1.165) is 23.3 Å². The zero-order valence-corrected chi connectivity index (χ0v) is 11.5. The van der Waals surface area contributed by atoms with Gasteiger partial charge in [0.2, 0.25) is 0 Å². The number of ether oxygens (including phenoxy) is 1. The Morgan fingerprint density at radius 2 is 1.95 bits per heavy atom. The lowest BCUT2D eigenvalue weighted by molar-refractivity contribution is -0.385. The molecule has 2 rings (SSSR count). The largest absolute Gasteiger partial charge is 0.477 e. The van der Waals surface area contributed by atoms with Crippen molar-refractivity contribution in [3.05, 3.63) is 63.2 Å². The van der Waals surface area contributed by atoms with Gasteiger partial charge in [0.25, 0.3) is 5.69 Å². The number of carboxylic acids is 1. The summed E-state index contributed by atoms with van der Waals surface area (Å²) >= 11 is 0. The number of hydrogen-bond acceptors (Lipinski definition) is 4. The van der Waals surface area contributed by atoms with E-state index >= 15 is 0 Å². The van der Waals surface area contributed by atoms with E-state index in [1.54, 1.807) is 6.07 Å². The van der Waals surface area contributed by atoms with Crippen LogP contribution in [0.5, 0.6) is 11.5 Å². The molecule has 0 aliphatic heterocycles. The van der Waals surface area contributed by atoms with E-state index < -0.39 is 22.1 Å². The molecule has 108 valence electrons. The third kappa shape index (κ3) is 3.00. The van der Waals surface area contributed by atoms with Gasteiger partial charge in [-0.1, -0.05) is 12.1 Å². The highest BCUT2D eigenvalue weighted by Crippen LogP contribution is 2.30. The Balaban J connectivity index is 2.42. The molecule has 0 heterocycles. The Labute approximate surface area is 120 Å². The third-order valence-electron chi connectivity index (χ3n) is 3.18. The Morgan fingerprint density at radius 3 is 2.57 bits per heavy atom. The van der Waals surface area contributed by atoms with Crippen LogP contribution < -0.4 is 4.74 Å². The van der Waals surface area contributed by atoms with E-state index in [9.17, 15) is 14.9 Å². The van der Waals surface area contributed by atoms with Crippen molar-refractivity contribution in [3.63, 3.8) is 0 Å². The van der Waals surface area contributed by atoms with Gasteiger partial charge in [0.15, 0.2) is 0 Å². The second-order valence-electron chi connectivity index (χ2n) is 4.54. The molecule has 0 aliphatic carbocycles. The average Bonchev–Trinajstić information content (AvgIpc) is 2.43. The number of nitrogens with zero attached hydrogens (tertiary/aromatic N) is 1. The molecule has 0 amide bonds. The van der Waals surface area contributed by atoms with E-state index in [0.29, 0.717) is 5.75 Å². The number of carboxylic acid groups (broad SMARTS) is 1. The fraction of sp³-hybridized carbons (Fsp3) is 0.133. The number of hydrogen-bond donors (Lipinski definition) is 1. The summed E-state index contributed by atoms with van der Waals surface area (Å²) in [5, 5.41) is 19.8. The summed E-state index contributed by atoms with van der Waals surface area (Å²) in [6.45, 7) is 3.81. The van der Waals surface area contributed by atoms with Crippen LogP contribution in [0.3, 0.4) is 0 Å². The fourth-order valence-electron chi connectivity index (χ4n) is 1.87. The Bertz CT molecular complexity index is 724. The lowest BCUT2D eigenvalue weighted by Crippen LogP contribution is -2.03. The smallest absolute Gasteiger partial charge is 0.342 e. The maximum Gasteiger partial charge on any atom is 0.342 e. The van der Waals surface area contributed by atoms with Crippen molar-refractivity contribution >= 4 is 11.7 Å². The van der Waals surface area contributed by atoms with Gasteiger partial charge < -0.3 is 9.84 Å². The Kier molecular flexibility index (Phi) is 3.89. The first kappa shape index (κ1) is 14.5. The summed E-state index contributed by atoms with van der Waals surface area (Å²) in [4.78, 5) is 21.2. The second-order valence-corrected chi connectivity index (χ2v) is 4.54. The summed E-state index contributed by atoms with van der Waals surface area (Å²) in [5.74, 6) is -0.542. The number of carbonyl (C=O) groups is 1. The van der Waals surface area contributed by atoms with E-state index in [-0.39, 0.29) is 5.75 Å². The van der Waals surface area contributed by atoms with Crippen LogP contribution in [0.1, 0.15) is 21.5 Å². The summed E-state index contributed by atoms with van der Waals surface area (Å²) in [5.41, 5.74) is 1.10. The summed E-state index contributed by atoms with van der Waals surface area (Å²) < 4.78 is 5.63. The Hall–Kier alpha value is -2.89. The van der Waals surface area contributed by atoms with Crippen LogP contribution in [-0.4, -0.2) is 16.0 Å². The van der Waals surface area contributed by atoms with Crippen molar-refractivity contribution in [2.24, 2.45) is 0 Å². The average molecular weight is 287 g/mol. The van der Waals surface area contributed by atoms with Crippen molar-refractivity contribution in [1.82, 2.24) is 0 Å². The van der Waals surface area contributed by atoms with Crippen molar-refractivity contribution in [2.75, 3.05) is 0 Å². The first-order valence-corrected chi connectivity index (χ1v) is 6.16. The van der Waals surface area contributed by atoms with Gasteiger partial charge in [-0.05, 0) is 37.1 Å². The molecule has 0 atom stereocenters. The Morgan fingerprint density at radius 1 is 1.24 bits per heavy atom. The maximum atomic E-state index is 11.1. The van der Waals surface area contributed by atoms with Gasteiger partial charge in [-0.3, -0.25) is 10.1 Å². The number of nitro benzene ring substituents is 1. The third-order valence-corrected chi connectivity index (χ3v) is 3.18. The normalized spacial score (nSPS) is 10.2. The predicted octanol–water partition coefficient (Wildman–Crippen LogP) is 3.70. The van der Waals surface area contributed by atoms with Gasteiger partial charge in [-0.15, -0.1) is 0 Å². The highest BCUT2D eigenvalue weighted by molar-refractivity contribution is 5.92. The minimum absolute atomic E-state index is 0.242. The van der Waals surface area contributed by atoms with Crippen molar-refractivity contribution in [1.29, 1.82) is 0 Å². The predicted molar refractivity (Wildman–Crippen MR) is 76.0 cm³/mol. The van der Waals surface area contributed by atoms with Gasteiger partial charge in [-0.2, -0.15) is 0 Å². The number of benzene rings is 2. The van der Waals surface area contributed by atoms with Crippen molar-refractivity contribution < 1.29 is 19.6 Å². The fourth-order valence-corrected chi connectivity index (χ4v) is 1.87. The molecule has 0 fully saturated rings. The zero-order chi connectivity index (χ0) is 15.6. The van der Waals surface area contributed by atoms with Gasteiger partial charge in [0.05, 0.1) is 4.92 Å². The van der Waals surface area contributed by atoms with Crippen LogP contribution in [0.15, 0.2) is 36.4 Å². The minimum atomic E-state index is -1.37. The number of rotatable bonds is 4. The lowest BCUT2D eigenvalue weighted by Gasteiger charge is -2.11. The molecular formula is C15H13NO5. The van der Waals surface area contributed by atoms with Gasteiger partial charge >= 0.3 is 5.97 Å². The first-order chi connectivity index (χ1) is 9.90. The SMILES string of the molecule is Cc1cccc(Oc2ccc([N+](=O)[O-])c(C(=O)O)c2)c1C. The topological polar surface area (TPSA) is 89.7 Å². The van der Waals surface area contributed by atoms with Crippen LogP contribution in [0.2, 0.25) is 0 Å². The highest BCUT2D eigenvalue weighted by atomic mass is 16.6.